The first-order valence-corrected chi connectivity index (χ1v) is 8.69. The van der Waals surface area contributed by atoms with Crippen LogP contribution in [0.3, 0.4) is 0 Å². The van der Waals surface area contributed by atoms with E-state index in [1.165, 1.54) is 0 Å². The number of amides is 1. The molecular formula is C19H27NO5. The lowest BCUT2D eigenvalue weighted by Crippen LogP contribution is -2.47. The SMILES string of the molecule is COc1ccc(CCCC(=O)N2CC(C(=O)O)CCC2C)c(OC)c1. The Kier molecular flexibility index (Phi) is 6.67. The molecule has 0 aliphatic carbocycles. The summed E-state index contributed by atoms with van der Waals surface area (Å²) >= 11 is 0. The van der Waals surface area contributed by atoms with Crippen LogP contribution in [0.2, 0.25) is 0 Å². The summed E-state index contributed by atoms with van der Waals surface area (Å²) in [5.74, 6) is 0.267. The molecule has 1 heterocycles. The number of aryl methyl sites for hydroxylation is 1. The van der Waals surface area contributed by atoms with Crippen LogP contribution in [-0.2, 0) is 16.0 Å². The number of methoxy groups -OCH3 is 2. The van der Waals surface area contributed by atoms with Crippen LogP contribution in [-0.4, -0.2) is 48.7 Å². The van der Waals surface area contributed by atoms with Gasteiger partial charge < -0.3 is 19.5 Å². The van der Waals surface area contributed by atoms with Gasteiger partial charge in [0.25, 0.3) is 0 Å². The van der Waals surface area contributed by atoms with Gasteiger partial charge in [0, 0.05) is 25.1 Å². The Hall–Kier alpha value is -2.24. The molecule has 138 valence electrons. The summed E-state index contributed by atoms with van der Waals surface area (Å²) in [7, 11) is 3.22. The highest BCUT2D eigenvalue weighted by molar-refractivity contribution is 5.78. The molecule has 2 rings (SSSR count). The van der Waals surface area contributed by atoms with Crippen molar-refractivity contribution >= 4 is 11.9 Å². The van der Waals surface area contributed by atoms with Crippen molar-refractivity contribution in [1.82, 2.24) is 4.90 Å². The zero-order valence-corrected chi connectivity index (χ0v) is 15.2. The van der Waals surface area contributed by atoms with Crippen LogP contribution >= 0.6 is 0 Å². The van der Waals surface area contributed by atoms with E-state index in [4.69, 9.17) is 9.47 Å². The minimum absolute atomic E-state index is 0.0333. The highest BCUT2D eigenvalue weighted by Gasteiger charge is 2.32. The van der Waals surface area contributed by atoms with E-state index in [1.807, 2.05) is 25.1 Å². The zero-order valence-electron chi connectivity index (χ0n) is 15.2. The standard InChI is InChI=1S/C19H27NO5/c1-13-7-8-15(19(22)23)12-20(13)18(21)6-4-5-14-9-10-16(24-2)11-17(14)25-3/h9-11,13,15H,4-8,12H2,1-3H3,(H,22,23). The van der Waals surface area contributed by atoms with Crippen molar-refractivity contribution in [3.05, 3.63) is 23.8 Å². The Bertz CT molecular complexity index is 616. The molecule has 6 heteroatoms. The molecule has 0 spiro atoms. The van der Waals surface area contributed by atoms with Crippen molar-refractivity contribution in [3.63, 3.8) is 0 Å². The number of rotatable bonds is 7. The normalized spacial score (nSPS) is 20.2. The first-order chi connectivity index (χ1) is 12.0. The van der Waals surface area contributed by atoms with Crippen LogP contribution in [0.5, 0.6) is 11.5 Å². The lowest BCUT2D eigenvalue weighted by Gasteiger charge is -2.36. The monoisotopic (exact) mass is 349 g/mol. The van der Waals surface area contributed by atoms with Gasteiger partial charge in [-0.2, -0.15) is 0 Å². The predicted octanol–water partition coefficient (Wildman–Crippen LogP) is 2.74. The van der Waals surface area contributed by atoms with E-state index < -0.39 is 11.9 Å². The minimum atomic E-state index is -0.812. The molecule has 0 radical (unpaired) electrons. The molecule has 25 heavy (non-hydrogen) atoms. The largest absolute Gasteiger partial charge is 0.497 e. The number of carbonyl (C=O) groups excluding carboxylic acids is 1. The number of carbonyl (C=O) groups is 2. The summed E-state index contributed by atoms with van der Waals surface area (Å²) in [5, 5.41) is 9.19. The Morgan fingerprint density at radius 1 is 1.24 bits per heavy atom. The van der Waals surface area contributed by atoms with Crippen LogP contribution in [0.25, 0.3) is 0 Å². The molecule has 1 aromatic rings. The van der Waals surface area contributed by atoms with Gasteiger partial charge in [-0.25, -0.2) is 0 Å². The number of likely N-dealkylation sites (tertiary alicyclic amines) is 1. The number of nitrogens with zero attached hydrogens (tertiary/aromatic N) is 1. The maximum absolute atomic E-state index is 12.5. The van der Waals surface area contributed by atoms with Crippen LogP contribution in [0.15, 0.2) is 18.2 Å². The Morgan fingerprint density at radius 3 is 2.64 bits per heavy atom. The van der Waals surface area contributed by atoms with Crippen LogP contribution in [0.1, 0.15) is 38.2 Å². The topological polar surface area (TPSA) is 76.1 Å². The van der Waals surface area contributed by atoms with Crippen molar-refractivity contribution in [3.8, 4) is 11.5 Å². The van der Waals surface area contributed by atoms with Gasteiger partial charge in [-0.3, -0.25) is 9.59 Å². The quantitative estimate of drug-likeness (QED) is 0.819. The van der Waals surface area contributed by atoms with Crippen LogP contribution in [0, 0.1) is 5.92 Å². The molecule has 0 bridgehead atoms. The third kappa shape index (κ3) is 4.87. The van der Waals surface area contributed by atoms with Crippen LogP contribution in [0.4, 0.5) is 0 Å². The Morgan fingerprint density at radius 2 is 2.00 bits per heavy atom. The van der Waals surface area contributed by atoms with E-state index in [1.54, 1.807) is 19.1 Å². The van der Waals surface area contributed by atoms with E-state index in [-0.39, 0.29) is 11.9 Å². The fourth-order valence-corrected chi connectivity index (χ4v) is 3.29. The van der Waals surface area contributed by atoms with E-state index in [2.05, 4.69) is 0 Å². The molecule has 1 aliphatic heterocycles. The minimum Gasteiger partial charge on any atom is -0.497 e. The van der Waals surface area contributed by atoms with E-state index >= 15 is 0 Å². The van der Waals surface area contributed by atoms with Crippen molar-refractivity contribution in [2.45, 2.75) is 45.1 Å². The lowest BCUT2D eigenvalue weighted by molar-refractivity contribution is -0.147. The molecule has 1 fully saturated rings. The number of ether oxygens (including phenoxy) is 2. The second-order valence-corrected chi connectivity index (χ2v) is 6.54. The highest BCUT2D eigenvalue weighted by Crippen LogP contribution is 2.27. The fraction of sp³-hybridized carbons (Fsp3) is 0.579. The summed E-state index contributed by atoms with van der Waals surface area (Å²) in [6.07, 6.45) is 3.22. The van der Waals surface area contributed by atoms with Gasteiger partial charge in [0.2, 0.25) is 5.91 Å². The van der Waals surface area contributed by atoms with Crippen molar-refractivity contribution in [2.24, 2.45) is 5.92 Å². The van der Waals surface area contributed by atoms with Gasteiger partial charge in [0.15, 0.2) is 0 Å². The molecule has 0 aromatic heterocycles. The predicted molar refractivity (Wildman–Crippen MR) is 94.0 cm³/mol. The molecule has 0 saturated carbocycles. The second-order valence-electron chi connectivity index (χ2n) is 6.54. The van der Waals surface area contributed by atoms with Gasteiger partial charge in [-0.1, -0.05) is 6.07 Å². The van der Waals surface area contributed by atoms with E-state index in [0.717, 1.165) is 29.9 Å². The van der Waals surface area contributed by atoms with Gasteiger partial charge in [-0.15, -0.1) is 0 Å². The number of piperidine rings is 1. The maximum atomic E-state index is 12.5. The van der Waals surface area contributed by atoms with Gasteiger partial charge >= 0.3 is 5.97 Å². The highest BCUT2D eigenvalue weighted by atomic mass is 16.5. The third-order valence-electron chi connectivity index (χ3n) is 4.88. The third-order valence-corrected chi connectivity index (χ3v) is 4.88. The molecule has 1 aromatic carbocycles. The zero-order chi connectivity index (χ0) is 18.4. The summed E-state index contributed by atoms with van der Waals surface area (Å²) < 4.78 is 10.6. The second kappa shape index (κ2) is 8.74. The Balaban J connectivity index is 1.90. The number of benzene rings is 1. The number of hydrogen-bond donors (Lipinski definition) is 1. The smallest absolute Gasteiger partial charge is 0.308 e. The molecule has 6 nitrogen and oxygen atoms in total. The van der Waals surface area contributed by atoms with Crippen molar-refractivity contribution in [2.75, 3.05) is 20.8 Å². The molecular weight excluding hydrogens is 322 g/mol. The van der Waals surface area contributed by atoms with Gasteiger partial charge in [-0.05, 0) is 44.2 Å². The first-order valence-electron chi connectivity index (χ1n) is 8.69. The summed E-state index contributed by atoms with van der Waals surface area (Å²) in [6, 6.07) is 5.77. The average molecular weight is 349 g/mol. The molecule has 2 unspecified atom stereocenters. The number of hydrogen-bond acceptors (Lipinski definition) is 4. The van der Waals surface area contributed by atoms with E-state index in [0.29, 0.717) is 25.8 Å². The van der Waals surface area contributed by atoms with Gasteiger partial charge in [0.1, 0.15) is 11.5 Å². The number of aliphatic carboxylic acids is 1. The van der Waals surface area contributed by atoms with Crippen molar-refractivity contribution < 1.29 is 24.2 Å². The first kappa shape index (κ1) is 19.1. The Labute approximate surface area is 148 Å². The number of carboxylic acids is 1. The molecule has 1 amide bonds. The molecule has 2 atom stereocenters. The molecule has 1 saturated heterocycles. The maximum Gasteiger partial charge on any atom is 0.308 e. The summed E-state index contributed by atoms with van der Waals surface area (Å²) in [5.41, 5.74) is 1.03. The average Bonchev–Trinajstić information content (AvgIpc) is 2.61. The molecule has 1 aliphatic rings. The fourth-order valence-electron chi connectivity index (χ4n) is 3.29. The molecule has 1 N–H and O–H groups in total. The summed E-state index contributed by atoms with van der Waals surface area (Å²) in [4.78, 5) is 25.4. The lowest BCUT2D eigenvalue weighted by atomic mass is 9.93. The van der Waals surface area contributed by atoms with E-state index in [9.17, 15) is 14.7 Å². The van der Waals surface area contributed by atoms with Crippen molar-refractivity contribution in [1.29, 1.82) is 0 Å². The number of carboxylic acid groups (broad SMARTS) is 1. The van der Waals surface area contributed by atoms with Gasteiger partial charge in [0.05, 0.1) is 20.1 Å². The summed E-state index contributed by atoms with van der Waals surface area (Å²) in [6.45, 7) is 2.31. The van der Waals surface area contributed by atoms with Crippen LogP contribution < -0.4 is 9.47 Å².